The molecule has 0 spiro atoms. The monoisotopic (exact) mass is 614 g/mol. The minimum Gasteiger partial charge on any atom is -0.406 e. The second kappa shape index (κ2) is 11.0. The van der Waals surface area contributed by atoms with Gasteiger partial charge in [0.15, 0.2) is 0 Å². The van der Waals surface area contributed by atoms with Gasteiger partial charge in [0, 0.05) is 35.9 Å². The Bertz CT molecular complexity index is 2040. The van der Waals surface area contributed by atoms with E-state index in [4.69, 9.17) is 0 Å². The third-order valence-electron chi connectivity index (χ3n) is 7.46. The summed E-state index contributed by atoms with van der Waals surface area (Å²) in [5, 5.41) is 19.5. The van der Waals surface area contributed by atoms with Crippen molar-refractivity contribution in [3.05, 3.63) is 102 Å². The molecule has 6 aromatic rings. The summed E-state index contributed by atoms with van der Waals surface area (Å²) in [6, 6.07) is 19.2. The molecular formula is C31H22F4N8O2. The Kier molecular flexibility index (Phi) is 6.87. The van der Waals surface area contributed by atoms with Crippen LogP contribution in [0.4, 0.5) is 28.0 Å². The standard InChI is InChI=1S/C31H22F4N8O2/c32-29-24(2-1-12-36-29)19-4-10-26-25(15-19)28(40-38-26)27-17-43(41-39-27)22-7-3-18-11-13-42(16-20(18)14-22)30(44)37-21-5-8-23(9-6-21)45-31(33,34)35/h1-10,12,14-15,17H,11,13,16H2,(H,37,44)(H,38,40). The van der Waals surface area contributed by atoms with E-state index in [0.717, 1.165) is 39.8 Å². The average molecular weight is 615 g/mol. The molecule has 10 nitrogen and oxygen atoms in total. The van der Waals surface area contributed by atoms with E-state index in [9.17, 15) is 22.4 Å². The molecule has 0 saturated heterocycles. The van der Waals surface area contributed by atoms with Gasteiger partial charge in [-0.2, -0.15) is 9.49 Å². The van der Waals surface area contributed by atoms with Crippen LogP contribution in [-0.2, 0) is 13.0 Å². The summed E-state index contributed by atoms with van der Waals surface area (Å²) in [5.74, 6) is -0.938. The lowest BCUT2D eigenvalue weighted by atomic mass is 9.99. The zero-order valence-corrected chi connectivity index (χ0v) is 23.2. The first kappa shape index (κ1) is 28.0. The van der Waals surface area contributed by atoms with Crippen LogP contribution in [0.1, 0.15) is 11.1 Å². The molecule has 14 heteroatoms. The third kappa shape index (κ3) is 5.77. The molecule has 1 aliphatic rings. The van der Waals surface area contributed by atoms with Crippen molar-refractivity contribution in [1.29, 1.82) is 0 Å². The lowest BCUT2D eigenvalue weighted by Crippen LogP contribution is -2.38. The van der Waals surface area contributed by atoms with Crippen molar-refractivity contribution in [1.82, 2.24) is 35.1 Å². The van der Waals surface area contributed by atoms with E-state index in [1.807, 2.05) is 30.3 Å². The number of halogens is 4. The fourth-order valence-corrected chi connectivity index (χ4v) is 5.28. The Morgan fingerprint density at radius 2 is 1.84 bits per heavy atom. The number of urea groups is 1. The summed E-state index contributed by atoms with van der Waals surface area (Å²) in [4.78, 5) is 18.3. The molecule has 0 unspecified atom stereocenters. The van der Waals surface area contributed by atoms with Gasteiger partial charge in [0.2, 0.25) is 5.95 Å². The summed E-state index contributed by atoms with van der Waals surface area (Å²) in [5.41, 5.74) is 5.93. The molecule has 0 fully saturated rings. The van der Waals surface area contributed by atoms with E-state index in [-0.39, 0.29) is 11.8 Å². The number of benzene rings is 3. The second-order valence-corrected chi connectivity index (χ2v) is 10.3. The van der Waals surface area contributed by atoms with Gasteiger partial charge in [-0.25, -0.2) is 14.5 Å². The number of nitrogens with one attached hydrogen (secondary N) is 2. The molecule has 0 atom stereocenters. The van der Waals surface area contributed by atoms with E-state index < -0.39 is 12.3 Å². The number of carbonyl (C=O) groups is 1. The number of hydrogen-bond acceptors (Lipinski definition) is 6. The van der Waals surface area contributed by atoms with Crippen molar-refractivity contribution in [2.24, 2.45) is 0 Å². The average Bonchev–Trinajstić information content (AvgIpc) is 3.68. The zero-order valence-electron chi connectivity index (χ0n) is 23.2. The minimum absolute atomic E-state index is 0.323. The van der Waals surface area contributed by atoms with Crippen LogP contribution in [0, 0.1) is 5.95 Å². The summed E-state index contributed by atoms with van der Waals surface area (Å²) in [6.45, 7) is 0.793. The number of H-pyrrole nitrogens is 1. The van der Waals surface area contributed by atoms with E-state index in [1.54, 1.807) is 34.0 Å². The third-order valence-corrected chi connectivity index (χ3v) is 7.46. The van der Waals surface area contributed by atoms with Crippen LogP contribution in [0.3, 0.4) is 0 Å². The molecule has 2 N–H and O–H groups in total. The fourth-order valence-electron chi connectivity index (χ4n) is 5.28. The highest BCUT2D eigenvalue weighted by Crippen LogP contribution is 2.31. The zero-order chi connectivity index (χ0) is 31.1. The highest BCUT2D eigenvalue weighted by molar-refractivity contribution is 5.95. The Morgan fingerprint density at radius 3 is 2.64 bits per heavy atom. The molecule has 226 valence electrons. The molecule has 45 heavy (non-hydrogen) atoms. The summed E-state index contributed by atoms with van der Waals surface area (Å²) >= 11 is 0. The second-order valence-electron chi connectivity index (χ2n) is 10.3. The highest BCUT2D eigenvalue weighted by Gasteiger charge is 2.31. The molecule has 2 amide bonds. The van der Waals surface area contributed by atoms with Gasteiger partial charge in [-0.3, -0.25) is 5.10 Å². The highest BCUT2D eigenvalue weighted by atomic mass is 19.4. The van der Waals surface area contributed by atoms with Crippen LogP contribution >= 0.6 is 0 Å². The Hall–Kier alpha value is -5.79. The number of aromatic amines is 1. The van der Waals surface area contributed by atoms with Gasteiger partial charge < -0.3 is 15.0 Å². The lowest BCUT2D eigenvalue weighted by molar-refractivity contribution is -0.274. The van der Waals surface area contributed by atoms with Crippen molar-refractivity contribution >= 4 is 22.6 Å². The SMILES string of the molecule is O=C(Nc1ccc(OC(F)(F)F)cc1)N1CCc2ccc(-n3cc(-c4n[nH]c5ccc(-c6cccnc6F)cc45)nn3)cc2C1. The quantitative estimate of drug-likeness (QED) is 0.169. The molecule has 3 aromatic heterocycles. The number of carbonyl (C=O) groups excluding carboxylic acids is 1. The number of nitrogens with zero attached hydrogens (tertiary/aromatic N) is 6. The molecule has 0 saturated carbocycles. The molecule has 3 aromatic carbocycles. The Balaban J connectivity index is 1.08. The number of anilines is 1. The number of pyridine rings is 1. The van der Waals surface area contributed by atoms with E-state index in [2.05, 4.69) is 35.5 Å². The first-order valence-electron chi connectivity index (χ1n) is 13.8. The van der Waals surface area contributed by atoms with Gasteiger partial charge in [0.25, 0.3) is 0 Å². The summed E-state index contributed by atoms with van der Waals surface area (Å²) < 4.78 is 57.1. The van der Waals surface area contributed by atoms with Gasteiger partial charge in [0.05, 0.1) is 17.4 Å². The predicted octanol–water partition coefficient (Wildman–Crippen LogP) is 6.50. The number of ether oxygens (including phenoxy) is 1. The predicted molar refractivity (Wildman–Crippen MR) is 156 cm³/mol. The number of fused-ring (bicyclic) bond motifs is 2. The van der Waals surface area contributed by atoms with Crippen LogP contribution in [0.15, 0.2) is 85.2 Å². The van der Waals surface area contributed by atoms with Gasteiger partial charge in [-0.15, -0.1) is 18.3 Å². The largest absolute Gasteiger partial charge is 0.573 e. The summed E-state index contributed by atoms with van der Waals surface area (Å²) in [7, 11) is 0. The topological polar surface area (TPSA) is 114 Å². The van der Waals surface area contributed by atoms with Crippen LogP contribution in [0.5, 0.6) is 5.75 Å². The number of alkyl halides is 3. The van der Waals surface area contributed by atoms with Crippen LogP contribution in [0.25, 0.3) is 39.1 Å². The first-order chi connectivity index (χ1) is 21.7. The summed E-state index contributed by atoms with van der Waals surface area (Å²) in [6.07, 6.45) is -1.02. The van der Waals surface area contributed by atoms with Crippen molar-refractivity contribution in [3.8, 4) is 34.0 Å². The van der Waals surface area contributed by atoms with Crippen LogP contribution in [0.2, 0.25) is 0 Å². The molecule has 7 rings (SSSR count). The lowest BCUT2D eigenvalue weighted by Gasteiger charge is -2.29. The molecular weight excluding hydrogens is 592 g/mol. The number of hydrogen-bond donors (Lipinski definition) is 2. The van der Waals surface area contributed by atoms with Crippen molar-refractivity contribution < 1.29 is 27.1 Å². The minimum atomic E-state index is -4.79. The van der Waals surface area contributed by atoms with Gasteiger partial charge >= 0.3 is 12.4 Å². The fraction of sp³-hybridized carbons (Fsp3) is 0.129. The van der Waals surface area contributed by atoms with E-state index in [1.165, 1.54) is 18.3 Å². The van der Waals surface area contributed by atoms with Gasteiger partial charge in [-0.1, -0.05) is 17.3 Å². The van der Waals surface area contributed by atoms with Crippen LogP contribution in [-0.4, -0.2) is 54.0 Å². The molecule has 0 radical (unpaired) electrons. The number of amides is 2. The maximum Gasteiger partial charge on any atom is 0.573 e. The molecule has 4 heterocycles. The van der Waals surface area contributed by atoms with Crippen molar-refractivity contribution in [2.75, 3.05) is 11.9 Å². The number of aromatic nitrogens is 6. The van der Waals surface area contributed by atoms with Crippen molar-refractivity contribution in [3.63, 3.8) is 0 Å². The normalized spacial score (nSPS) is 13.1. The van der Waals surface area contributed by atoms with Crippen molar-refractivity contribution in [2.45, 2.75) is 19.3 Å². The Morgan fingerprint density at radius 1 is 1.00 bits per heavy atom. The smallest absolute Gasteiger partial charge is 0.406 e. The van der Waals surface area contributed by atoms with Gasteiger partial charge in [-0.05, 0) is 83.8 Å². The van der Waals surface area contributed by atoms with Crippen LogP contribution < -0.4 is 10.1 Å². The molecule has 1 aliphatic heterocycles. The van der Waals surface area contributed by atoms with E-state index in [0.29, 0.717) is 47.7 Å². The first-order valence-corrected chi connectivity index (χ1v) is 13.8. The number of rotatable bonds is 5. The maximum atomic E-state index is 14.3. The molecule has 0 aliphatic carbocycles. The molecule has 0 bridgehead atoms. The Labute approximate surface area is 252 Å². The van der Waals surface area contributed by atoms with Gasteiger partial charge in [0.1, 0.15) is 17.1 Å². The maximum absolute atomic E-state index is 14.3. The van der Waals surface area contributed by atoms with E-state index >= 15 is 0 Å².